The van der Waals surface area contributed by atoms with Gasteiger partial charge in [0.25, 0.3) is 5.91 Å². The van der Waals surface area contributed by atoms with Gasteiger partial charge in [-0.1, -0.05) is 12.8 Å². The molecule has 1 N–H and O–H groups in total. The summed E-state index contributed by atoms with van der Waals surface area (Å²) in [6.07, 6.45) is 8.97. The van der Waals surface area contributed by atoms with E-state index in [4.69, 9.17) is 0 Å². The van der Waals surface area contributed by atoms with Crippen LogP contribution >= 0.6 is 0 Å². The summed E-state index contributed by atoms with van der Waals surface area (Å²) in [5.41, 5.74) is 1.33. The number of hydrogen-bond donors (Lipinski definition) is 1. The van der Waals surface area contributed by atoms with Crippen LogP contribution in [0.25, 0.3) is 0 Å². The van der Waals surface area contributed by atoms with Crippen LogP contribution in [0.4, 0.5) is 0 Å². The molecular weight excluding hydrogens is 320 g/mol. The number of aromatic nitrogens is 4. The highest BCUT2D eigenvalue weighted by Gasteiger charge is 2.34. The molecule has 8 nitrogen and oxygen atoms in total. The zero-order chi connectivity index (χ0) is 17.2. The Bertz CT molecular complexity index is 768. The summed E-state index contributed by atoms with van der Waals surface area (Å²) in [6.45, 7) is 0.725. The van der Waals surface area contributed by atoms with E-state index >= 15 is 0 Å². The largest absolute Gasteiger partial charge is 0.351 e. The van der Waals surface area contributed by atoms with Crippen LogP contribution in [0.2, 0.25) is 0 Å². The van der Waals surface area contributed by atoms with Crippen LogP contribution in [0, 0.1) is 0 Å². The standard InChI is InChI=1S/C17H20N6O2/c24-16(21-13-3-1-2-4-13)15-11-22(10-14-6-8-20-23(14)15)17(25)12-5-7-18-19-9-12/h5-9,13,15H,1-4,10-11H2,(H,21,24)/t15-/m1/s1. The molecule has 0 saturated heterocycles. The molecule has 130 valence electrons. The SMILES string of the molecule is O=C(NC1CCCC1)[C@H]1CN(C(=O)c2ccnnc2)Cc2ccnn21. The molecule has 0 bridgehead atoms. The topological polar surface area (TPSA) is 93.0 Å². The third-order valence-electron chi connectivity index (χ3n) is 4.92. The summed E-state index contributed by atoms with van der Waals surface area (Å²) >= 11 is 0. The molecule has 1 aliphatic heterocycles. The Hall–Kier alpha value is -2.77. The van der Waals surface area contributed by atoms with E-state index in [1.165, 1.54) is 12.4 Å². The third-order valence-corrected chi connectivity index (χ3v) is 4.92. The maximum Gasteiger partial charge on any atom is 0.255 e. The second-order valence-corrected chi connectivity index (χ2v) is 6.59. The van der Waals surface area contributed by atoms with E-state index in [0.717, 1.165) is 31.4 Å². The molecule has 2 amide bonds. The zero-order valence-corrected chi connectivity index (χ0v) is 13.8. The van der Waals surface area contributed by atoms with Crippen molar-refractivity contribution in [3.8, 4) is 0 Å². The van der Waals surface area contributed by atoms with Crippen molar-refractivity contribution in [3.05, 3.63) is 42.0 Å². The third kappa shape index (κ3) is 3.11. The zero-order valence-electron chi connectivity index (χ0n) is 13.8. The molecule has 1 aliphatic carbocycles. The van der Waals surface area contributed by atoms with Gasteiger partial charge in [-0.25, -0.2) is 0 Å². The van der Waals surface area contributed by atoms with Gasteiger partial charge in [-0.2, -0.15) is 15.3 Å². The monoisotopic (exact) mass is 340 g/mol. The van der Waals surface area contributed by atoms with E-state index in [9.17, 15) is 9.59 Å². The van der Waals surface area contributed by atoms with Crippen molar-refractivity contribution in [2.75, 3.05) is 6.54 Å². The number of nitrogens with one attached hydrogen (secondary N) is 1. The normalized spacial score (nSPS) is 20.3. The van der Waals surface area contributed by atoms with E-state index in [2.05, 4.69) is 20.6 Å². The number of fused-ring (bicyclic) bond motifs is 1. The number of amides is 2. The molecule has 1 saturated carbocycles. The van der Waals surface area contributed by atoms with E-state index in [0.29, 0.717) is 18.7 Å². The predicted octanol–water partition coefficient (Wildman–Crippen LogP) is 0.929. The summed E-state index contributed by atoms with van der Waals surface area (Å²) in [6, 6.07) is 3.22. The molecule has 8 heteroatoms. The molecule has 1 atom stereocenters. The Morgan fingerprint density at radius 2 is 1.96 bits per heavy atom. The van der Waals surface area contributed by atoms with Crippen molar-refractivity contribution in [2.45, 2.75) is 44.3 Å². The Morgan fingerprint density at radius 3 is 2.72 bits per heavy atom. The van der Waals surface area contributed by atoms with E-state index < -0.39 is 6.04 Å². The summed E-state index contributed by atoms with van der Waals surface area (Å²) in [7, 11) is 0. The molecule has 2 aliphatic rings. The first-order valence-corrected chi connectivity index (χ1v) is 8.61. The summed E-state index contributed by atoms with van der Waals surface area (Å²) in [5.74, 6) is -0.219. The lowest BCUT2D eigenvalue weighted by atomic mass is 10.1. The number of rotatable bonds is 3. The fourth-order valence-corrected chi connectivity index (χ4v) is 3.61. The highest BCUT2D eigenvalue weighted by molar-refractivity contribution is 5.94. The van der Waals surface area contributed by atoms with Crippen molar-refractivity contribution >= 4 is 11.8 Å². The van der Waals surface area contributed by atoms with Gasteiger partial charge >= 0.3 is 0 Å². The van der Waals surface area contributed by atoms with Gasteiger partial charge in [0.05, 0.1) is 36.7 Å². The van der Waals surface area contributed by atoms with Crippen molar-refractivity contribution in [3.63, 3.8) is 0 Å². The van der Waals surface area contributed by atoms with Gasteiger partial charge in [0, 0.05) is 12.2 Å². The second-order valence-electron chi connectivity index (χ2n) is 6.59. The van der Waals surface area contributed by atoms with Crippen LogP contribution in [0.3, 0.4) is 0 Å². The highest BCUT2D eigenvalue weighted by atomic mass is 16.2. The fourth-order valence-electron chi connectivity index (χ4n) is 3.61. The minimum Gasteiger partial charge on any atom is -0.351 e. The molecule has 4 rings (SSSR count). The van der Waals surface area contributed by atoms with Crippen molar-refractivity contribution in [2.24, 2.45) is 0 Å². The van der Waals surface area contributed by atoms with E-state index in [-0.39, 0.29) is 17.9 Å². The van der Waals surface area contributed by atoms with Gasteiger partial charge in [-0.05, 0) is 25.0 Å². The Kier molecular flexibility index (Phi) is 4.17. The summed E-state index contributed by atoms with van der Waals surface area (Å²) < 4.78 is 1.73. The van der Waals surface area contributed by atoms with Crippen LogP contribution in [0.5, 0.6) is 0 Å². The molecule has 2 aromatic rings. The van der Waals surface area contributed by atoms with Gasteiger partial charge in [-0.3, -0.25) is 14.3 Å². The number of nitrogens with zero attached hydrogens (tertiary/aromatic N) is 5. The van der Waals surface area contributed by atoms with Crippen LogP contribution < -0.4 is 5.32 Å². The van der Waals surface area contributed by atoms with Gasteiger partial charge in [-0.15, -0.1) is 0 Å². The van der Waals surface area contributed by atoms with Gasteiger partial charge in [0.1, 0.15) is 6.04 Å². The quantitative estimate of drug-likeness (QED) is 0.897. The molecule has 25 heavy (non-hydrogen) atoms. The Labute approximate surface area is 145 Å². The number of hydrogen-bond acceptors (Lipinski definition) is 5. The molecule has 2 aromatic heterocycles. The molecule has 0 spiro atoms. The van der Waals surface area contributed by atoms with Crippen LogP contribution in [0.15, 0.2) is 30.7 Å². The predicted molar refractivity (Wildman–Crippen MR) is 88.4 cm³/mol. The van der Waals surface area contributed by atoms with Gasteiger partial charge in [0.2, 0.25) is 5.91 Å². The first-order chi connectivity index (χ1) is 12.2. The maximum absolute atomic E-state index is 12.8. The average Bonchev–Trinajstić information content (AvgIpc) is 3.32. The minimum absolute atomic E-state index is 0.0674. The first kappa shape index (κ1) is 15.7. The maximum atomic E-state index is 12.8. The van der Waals surface area contributed by atoms with Gasteiger partial charge in [0.15, 0.2) is 0 Å². The summed E-state index contributed by atoms with van der Waals surface area (Å²) in [4.78, 5) is 27.2. The molecule has 1 fully saturated rings. The molecule has 0 radical (unpaired) electrons. The van der Waals surface area contributed by atoms with E-state index in [1.807, 2.05) is 6.07 Å². The minimum atomic E-state index is -0.502. The number of carbonyl (C=O) groups is 2. The average molecular weight is 340 g/mol. The second kappa shape index (κ2) is 6.62. The van der Waals surface area contributed by atoms with Crippen LogP contribution in [0.1, 0.15) is 47.8 Å². The fraction of sp³-hybridized carbons (Fsp3) is 0.471. The molecule has 0 aromatic carbocycles. The Morgan fingerprint density at radius 1 is 1.12 bits per heavy atom. The lowest BCUT2D eigenvalue weighted by Crippen LogP contribution is -2.48. The van der Waals surface area contributed by atoms with Crippen LogP contribution in [-0.2, 0) is 11.3 Å². The van der Waals surface area contributed by atoms with Crippen LogP contribution in [-0.4, -0.2) is 49.3 Å². The van der Waals surface area contributed by atoms with Gasteiger partial charge < -0.3 is 10.2 Å². The van der Waals surface area contributed by atoms with E-state index in [1.54, 1.807) is 21.8 Å². The van der Waals surface area contributed by atoms with Crippen molar-refractivity contribution in [1.82, 2.24) is 30.2 Å². The Balaban J connectivity index is 1.55. The lowest BCUT2D eigenvalue weighted by Gasteiger charge is -2.33. The molecule has 3 heterocycles. The van der Waals surface area contributed by atoms with Crippen molar-refractivity contribution < 1.29 is 9.59 Å². The summed E-state index contributed by atoms with van der Waals surface area (Å²) in [5, 5.41) is 14.9. The smallest absolute Gasteiger partial charge is 0.255 e. The molecule has 0 unspecified atom stereocenters. The first-order valence-electron chi connectivity index (χ1n) is 8.61. The lowest BCUT2D eigenvalue weighted by molar-refractivity contribution is -0.126. The highest BCUT2D eigenvalue weighted by Crippen LogP contribution is 2.24. The van der Waals surface area contributed by atoms with Crippen molar-refractivity contribution in [1.29, 1.82) is 0 Å². The molecular formula is C17H20N6O2. The number of carbonyl (C=O) groups excluding carboxylic acids is 2.